The molecule has 0 bridgehead atoms. The van der Waals surface area contributed by atoms with Crippen molar-refractivity contribution in [3.63, 3.8) is 0 Å². The minimum absolute atomic E-state index is 0.0218. The highest BCUT2D eigenvalue weighted by Gasteiger charge is 2.44. The van der Waals surface area contributed by atoms with Crippen LogP contribution >= 0.6 is 11.8 Å². The summed E-state index contributed by atoms with van der Waals surface area (Å²) in [5, 5.41) is 2.64. The van der Waals surface area contributed by atoms with Gasteiger partial charge in [-0.05, 0) is 24.6 Å². The van der Waals surface area contributed by atoms with E-state index in [9.17, 15) is 4.79 Å². The molecule has 2 aliphatic heterocycles. The normalized spacial score (nSPS) is 21.8. The van der Waals surface area contributed by atoms with Gasteiger partial charge in [0.1, 0.15) is 0 Å². The fourth-order valence-corrected chi connectivity index (χ4v) is 6.00. The number of carbonyl (C=O) groups is 1. The molecule has 0 radical (unpaired) electrons. The first-order chi connectivity index (χ1) is 12.2. The number of fused-ring (bicyclic) bond motifs is 7. The average Bonchev–Trinajstić information content (AvgIpc) is 2.99. The number of hydrogen-bond acceptors (Lipinski definition) is 2. The number of rotatable bonds is 1. The van der Waals surface area contributed by atoms with Gasteiger partial charge in [-0.2, -0.15) is 0 Å². The summed E-state index contributed by atoms with van der Waals surface area (Å²) in [6, 6.07) is 17.0. The second-order valence-electron chi connectivity index (χ2n) is 6.83. The Bertz CT molecular complexity index is 1010. The predicted octanol–water partition coefficient (Wildman–Crippen LogP) is 4.49. The number of carbonyl (C=O) groups excluding carboxylic acids is 1. The average molecular weight is 348 g/mol. The van der Waals surface area contributed by atoms with Gasteiger partial charge in [-0.1, -0.05) is 36.4 Å². The third kappa shape index (κ3) is 1.92. The van der Waals surface area contributed by atoms with Gasteiger partial charge in [-0.15, -0.1) is 11.8 Å². The lowest BCUT2D eigenvalue weighted by atomic mass is 9.77. The Morgan fingerprint density at radius 3 is 2.72 bits per heavy atom. The molecule has 2 aliphatic rings. The molecule has 0 unspecified atom stereocenters. The van der Waals surface area contributed by atoms with Crippen molar-refractivity contribution >= 4 is 34.3 Å². The van der Waals surface area contributed by atoms with Gasteiger partial charge in [0.2, 0.25) is 5.91 Å². The zero-order chi connectivity index (χ0) is 17.1. The molecule has 0 N–H and O–H groups in total. The number of aryl methyl sites for hydroxylation is 1. The number of aromatic nitrogens is 1. The molecule has 5 rings (SSSR count). The molecule has 2 atom stereocenters. The molecule has 3 aromatic rings. The highest BCUT2D eigenvalue weighted by molar-refractivity contribution is 7.99. The standard InChI is InChI=1S/C21H20N2OS/c1-3-23-17-11-7-5-9-14(17)19-18-13-8-4-6-10-16(13)22(2)20(24)15(18)12-25-21(19)23/h4-11,15,18H,3,12H2,1-2H3/t15-,18-/m0/s1. The van der Waals surface area contributed by atoms with Crippen molar-refractivity contribution in [1.82, 2.24) is 4.57 Å². The van der Waals surface area contributed by atoms with E-state index in [1.807, 2.05) is 29.8 Å². The lowest BCUT2D eigenvalue weighted by Gasteiger charge is -2.40. The van der Waals surface area contributed by atoms with Crippen molar-refractivity contribution in [2.45, 2.75) is 24.4 Å². The van der Waals surface area contributed by atoms with Crippen LogP contribution in [0.5, 0.6) is 0 Å². The number of benzene rings is 2. The highest BCUT2D eigenvalue weighted by Crippen LogP contribution is 2.53. The predicted molar refractivity (Wildman–Crippen MR) is 104 cm³/mol. The van der Waals surface area contributed by atoms with Crippen LogP contribution < -0.4 is 4.90 Å². The molecule has 2 aromatic carbocycles. The van der Waals surface area contributed by atoms with Crippen LogP contribution in [-0.2, 0) is 11.3 Å². The van der Waals surface area contributed by atoms with E-state index in [1.54, 1.807) is 0 Å². The molecule has 0 saturated heterocycles. The maximum Gasteiger partial charge on any atom is 0.231 e. The number of hydrogen-bond donors (Lipinski definition) is 0. The lowest BCUT2D eigenvalue weighted by molar-refractivity contribution is -0.122. The Morgan fingerprint density at radius 2 is 1.88 bits per heavy atom. The van der Waals surface area contributed by atoms with Gasteiger partial charge in [-0.3, -0.25) is 4.79 Å². The van der Waals surface area contributed by atoms with E-state index in [0.717, 1.165) is 18.0 Å². The summed E-state index contributed by atoms with van der Waals surface area (Å²) >= 11 is 1.85. The SMILES string of the molecule is CCn1c2c(c3ccccc31)[C@H]1c3ccccc3N(C)C(=O)[C@H]1CS2. The summed E-state index contributed by atoms with van der Waals surface area (Å²) in [6.45, 7) is 3.16. The van der Waals surface area contributed by atoms with Crippen molar-refractivity contribution in [3.05, 3.63) is 59.7 Å². The van der Waals surface area contributed by atoms with Crippen LogP contribution in [0.3, 0.4) is 0 Å². The summed E-state index contributed by atoms with van der Waals surface area (Å²) in [6.07, 6.45) is 0. The minimum Gasteiger partial charge on any atom is -0.336 e. The van der Waals surface area contributed by atoms with Crippen LogP contribution in [0.15, 0.2) is 53.6 Å². The van der Waals surface area contributed by atoms with Crippen LogP contribution in [-0.4, -0.2) is 23.3 Å². The maximum absolute atomic E-state index is 13.1. The first-order valence-corrected chi connectivity index (χ1v) is 9.81. The summed E-state index contributed by atoms with van der Waals surface area (Å²) < 4.78 is 2.41. The van der Waals surface area contributed by atoms with E-state index >= 15 is 0 Å². The molecular weight excluding hydrogens is 328 g/mol. The third-order valence-electron chi connectivity index (χ3n) is 5.67. The van der Waals surface area contributed by atoms with Gasteiger partial charge in [-0.25, -0.2) is 0 Å². The van der Waals surface area contributed by atoms with E-state index in [-0.39, 0.29) is 17.7 Å². The van der Waals surface area contributed by atoms with Gasteiger partial charge < -0.3 is 9.47 Å². The Labute approximate surface area is 151 Å². The first-order valence-electron chi connectivity index (χ1n) is 8.82. The largest absolute Gasteiger partial charge is 0.336 e. The molecule has 0 aliphatic carbocycles. The molecule has 4 heteroatoms. The second-order valence-corrected chi connectivity index (χ2v) is 7.84. The number of para-hydroxylation sites is 2. The van der Waals surface area contributed by atoms with Crippen molar-refractivity contribution in [3.8, 4) is 0 Å². The zero-order valence-electron chi connectivity index (χ0n) is 14.4. The number of thioether (sulfide) groups is 1. The number of anilines is 1. The van der Waals surface area contributed by atoms with Gasteiger partial charge in [0.25, 0.3) is 0 Å². The molecule has 0 saturated carbocycles. The van der Waals surface area contributed by atoms with Crippen LogP contribution in [0.1, 0.15) is 24.0 Å². The summed E-state index contributed by atoms with van der Waals surface area (Å²) in [5.41, 5.74) is 4.98. The number of amides is 1. The quantitative estimate of drug-likeness (QED) is 0.647. The Morgan fingerprint density at radius 1 is 1.12 bits per heavy atom. The summed E-state index contributed by atoms with van der Waals surface area (Å²) in [5.74, 6) is 1.28. The first kappa shape index (κ1) is 15.1. The monoisotopic (exact) mass is 348 g/mol. The van der Waals surface area contributed by atoms with Gasteiger partial charge >= 0.3 is 0 Å². The molecule has 3 nitrogen and oxygen atoms in total. The smallest absolute Gasteiger partial charge is 0.231 e. The summed E-state index contributed by atoms with van der Waals surface area (Å²) in [4.78, 5) is 14.9. The summed E-state index contributed by atoms with van der Waals surface area (Å²) in [7, 11) is 1.91. The van der Waals surface area contributed by atoms with Crippen molar-refractivity contribution in [2.24, 2.45) is 5.92 Å². The van der Waals surface area contributed by atoms with E-state index in [1.165, 1.54) is 27.1 Å². The third-order valence-corrected chi connectivity index (χ3v) is 6.91. The van der Waals surface area contributed by atoms with Gasteiger partial charge in [0, 0.05) is 47.4 Å². The van der Waals surface area contributed by atoms with Crippen LogP contribution in [0, 0.1) is 5.92 Å². The van der Waals surface area contributed by atoms with Crippen molar-refractivity contribution < 1.29 is 4.79 Å². The fraction of sp³-hybridized carbons (Fsp3) is 0.286. The van der Waals surface area contributed by atoms with Crippen LogP contribution in [0.2, 0.25) is 0 Å². The van der Waals surface area contributed by atoms with Crippen molar-refractivity contribution in [1.29, 1.82) is 0 Å². The fourth-order valence-electron chi connectivity index (χ4n) is 4.55. The second kappa shape index (κ2) is 5.40. The number of nitrogens with zero attached hydrogens (tertiary/aromatic N) is 2. The molecule has 126 valence electrons. The maximum atomic E-state index is 13.1. The molecule has 1 aromatic heterocycles. The molecule has 1 amide bonds. The Hall–Kier alpha value is -2.20. The van der Waals surface area contributed by atoms with E-state index in [0.29, 0.717) is 0 Å². The highest BCUT2D eigenvalue weighted by atomic mass is 32.2. The van der Waals surface area contributed by atoms with E-state index in [4.69, 9.17) is 0 Å². The van der Waals surface area contributed by atoms with Crippen molar-refractivity contribution in [2.75, 3.05) is 17.7 Å². The molecule has 3 heterocycles. The van der Waals surface area contributed by atoms with E-state index < -0.39 is 0 Å². The Balaban J connectivity index is 1.86. The van der Waals surface area contributed by atoms with Crippen LogP contribution in [0.4, 0.5) is 5.69 Å². The lowest BCUT2D eigenvalue weighted by Crippen LogP contribution is -2.43. The van der Waals surface area contributed by atoms with Gasteiger partial charge in [0.05, 0.1) is 10.9 Å². The molecule has 0 fully saturated rings. The molecule has 0 spiro atoms. The van der Waals surface area contributed by atoms with Gasteiger partial charge in [0.15, 0.2) is 0 Å². The minimum atomic E-state index is 0.0218. The topological polar surface area (TPSA) is 25.2 Å². The molecule has 25 heavy (non-hydrogen) atoms. The Kier molecular flexibility index (Phi) is 3.26. The molecular formula is C21H20N2OS. The van der Waals surface area contributed by atoms with E-state index in [2.05, 4.69) is 54.0 Å². The van der Waals surface area contributed by atoms with Crippen LogP contribution in [0.25, 0.3) is 10.9 Å². The zero-order valence-corrected chi connectivity index (χ0v) is 15.2.